The number of nitrogens with zero attached hydrogens (tertiary/aromatic N) is 1. The molecule has 5 heteroatoms. The Morgan fingerprint density at radius 1 is 0.935 bits per heavy atom. The maximum atomic E-state index is 14.0. The van der Waals surface area contributed by atoms with E-state index >= 15 is 0 Å². The molecule has 0 saturated heterocycles. The SMILES string of the molecule is CCCNC(=O)[C@@H]1CN(C(=O)C(c2ccccc2)c2ccccc2)c2ccccc2O1. The highest BCUT2D eigenvalue weighted by Gasteiger charge is 2.37. The van der Waals surface area contributed by atoms with Crippen LogP contribution in [-0.4, -0.2) is 31.0 Å². The molecule has 1 aliphatic rings. The highest BCUT2D eigenvalue weighted by atomic mass is 16.5. The Balaban J connectivity index is 1.72. The zero-order valence-electron chi connectivity index (χ0n) is 17.5. The van der Waals surface area contributed by atoms with Crippen LogP contribution in [0.15, 0.2) is 84.9 Å². The van der Waals surface area contributed by atoms with Gasteiger partial charge >= 0.3 is 0 Å². The molecule has 3 aromatic rings. The van der Waals surface area contributed by atoms with E-state index in [1.165, 1.54) is 0 Å². The van der Waals surface area contributed by atoms with Crippen molar-refractivity contribution in [3.63, 3.8) is 0 Å². The minimum absolute atomic E-state index is 0.0820. The summed E-state index contributed by atoms with van der Waals surface area (Å²) in [7, 11) is 0. The van der Waals surface area contributed by atoms with Gasteiger partial charge in [-0.1, -0.05) is 79.7 Å². The van der Waals surface area contributed by atoms with Crippen molar-refractivity contribution in [2.24, 2.45) is 0 Å². The second-order valence-corrected chi connectivity index (χ2v) is 7.57. The van der Waals surface area contributed by atoms with Gasteiger partial charge in [-0.25, -0.2) is 0 Å². The highest BCUT2D eigenvalue weighted by molar-refractivity contribution is 6.02. The first kappa shape index (κ1) is 20.7. The van der Waals surface area contributed by atoms with Crippen LogP contribution >= 0.6 is 0 Å². The average molecular weight is 415 g/mol. The third-order valence-electron chi connectivity index (χ3n) is 5.39. The summed E-state index contributed by atoms with van der Waals surface area (Å²) in [6.45, 7) is 2.74. The van der Waals surface area contributed by atoms with Gasteiger partial charge in [0.1, 0.15) is 5.75 Å². The molecule has 3 aromatic carbocycles. The van der Waals surface area contributed by atoms with Crippen molar-refractivity contribution in [1.82, 2.24) is 5.32 Å². The number of rotatable bonds is 6. The lowest BCUT2D eigenvalue weighted by molar-refractivity contribution is -0.128. The van der Waals surface area contributed by atoms with Crippen LogP contribution in [0.3, 0.4) is 0 Å². The summed E-state index contributed by atoms with van der Waals surface area (Å²) < 4.78 is 5.96. The Morgan fingerprint density at radius 3 is 2.13 bits per heavy atom. The standard InChI is InChI=1S/C26H26N2O3/c1-2-17-27-25(29)23-18-28(21-15-9-10-16-22(21)31-23)26(30)24(19-11-5-3-6-12-19)20-13-7-4-8-14-20/h3-16,23-24H,2,17-18H2,1H3,(H,27,29)/t23-/m0/s1. The van der Waals surface area contributed by atoms with Crippen LogP contribution in [0, 0.1) is 0 Å². The van der Waals surface area contributed by atoms with Crippen LogP contribution in [0.5, 0.6) is 5.75 Å². The molecule has 0 radical (unpaired) electrons. The van der Waals surface area contributed by atoms with Gasteiger partial charge in [-0.2, -0.15) is 0 Å². The molecule has 1 N–H and O–H groups in total. The van der Waals surface area contributed by atoms with Crippen molar-refractivity contribution in [2.45, 2.75) is 25.4 Å². The third-order valence-corrected chi connectivity index (χ3v) is 5.39. The van der Waals surface area contributed by atoms with Gasteiger partial charge in [0.2, 0.25) is 5.91 Å². The monoisotopic (exact) mass is 414 g/mol. The van der Waals surface area contributed by atoms with Crippen LogP contribution in [0.2, 0.25) is 0 Å². The van der Waals surface area contributed by atoms with Gasteiger partial charge in [0, 0.05) is 6.54 Å². The topological polar surface area (TPSA) is 58.6 Å². The lowest BCUT2D eigenvalue weighted by Gasteiger charge is -2.36. The zero-order chi connectivity index (χ0) is 21.6. The number of hydrogen-bond acceptors (Lipinski definition) is 3. The number of amides is 2. The number of nitrogens with one attached hydrogen (secondary N) is 1. The first-order valence-electron chi connectivity index (χ1n) is 10.6. The summed E-state index contributed by atoms with van der Waals surface area (Å²) in [5, 5.41) is 2.88. The Kier molecular flexibility index (Phi) is 6.32. The molecule has 1 aliphatic heterocycles. The molecule has 1 heterocycles. The van der Waals surface area contributed by atoms with Crippen LogP contribution < -0.4 is 15.0 Å². The van der Waals surface area contributed by atoms with E-state index in [-0.39, 0.29) is 18.4 Å². The number of carbonyl (C=O) groups excluding carboxylic acids is 2. The fraction of sp³-hybridized carbons (Fsp3) is 0.231. The molecule has 0 bridgehead atoms. The van der Waals surface area contributed by atoms with Crippen molar-refractivity contribution >= 4 is 17.5 Å². The molecule has 2 amide bonds. The summed E-state index contributed by atoms with van der Waals surface area (Å²) in [4.78, 5) is 28.3. The number of fused-ring (bicyclic) bond motifs is 1. The molecule has 0 aliphatic carbocycles. The van der Waals surface area contributed by atoms with Crippen molar-refractivity contribution in [3.05, 3.63) is 96.1 Å². The van der Waals surface area contributed by atoms with E-state index in [0.717, 1.165) is 17.5 Å². The Bertz CT molecular complexity index is 997. The van der Waals surface area contributed by atoms with Crippen molar-refractivity contribution in [3.8, 4) is 5.75 Å². The highest BCUT2D eigenvalue weighted by Crippen LogP contribution is 2.37. The molecule has 0 saturated carbocycles. The molecule has 5 nitrogen and oxygen atoms in total. The molecule has 31 heavy (non-hydrogen) atoms. The maximum absolute atomic E-state index is 14.0. The molecule has 0 unspecified atom stereocenters. The predicted octanol–water partition coefficient (Wildman–Crippen LogP) is 4.14. The summed E-state index contributed by atoms with van der Waals surface area (Å²) >= 11 is 0. The first-order chi connectivity index (χ1) is 15.2. The molecule has 0 aromatic heterocycles. The minimum Gasteiger partial charge on any atom is -0.477 e. The lowest BCUT2D eigenvalue weighted by atomic mass is 9.89. The van der Waals surface area contributed by atoms with Crippen LogP contribution in [0.4, 0.5) is 5.69 Å². The fourth-order valence-corrected chi connectivity index (χ4v) is 3.87. The second kappa shape index (κ2) is 9.47. The summed E-state index contributed by atoms with van der Waals surface area (Å²) in [6.07, 6.45) is 0.0829. The lowest BCUT2D eigenvalue weighted by Crippen LogP contribution is -2.51. The Morgan fingerprint density at radius 2 is 1.52 bits per heavy atom. The van der Waals surface area contributed by atoms with Gasteiger partial charge in [0.15, 0.2) is 6.10 Å². The maximum Gasteiger partial charge on any atom is 0.262 e. The van der Waals surface area contributed by atoms with E-state index in [1.54, 1.807) is 11.0 Å². The van der Waals surface area contributed by atoms with Crippen LogP contribution in [0.25, 0.3) is 0 Å². The Labute approximate surface area is 182 Å². The fourth-order valence-electron chi connectivity index (χ4n) is 3.87. The summed E-state index contributed by atoms with van der Waals surface area (Å²) in [5.41, 5.74) is 2.51. The Hall–Kier alpha value is -3.60. The van der Waals surface area contributed by atoms with Gasteiger partial charge < -0.3 is 15.0 Å². The number of anilines is 1. The summed E-state index contributed by atoms with van der Waals surface area (Å²) in [6, 6.07) is 26.9. The molecule has 1 atom stereocenters. The van der Waals surface area contributed by atoms with Crippen molar-refractivity contribution < 1.29 is 14.3 Å². The van der Waals surface area contributed by atoms with Gasteiger partial charge in [-0.05, 0) is 29.7 Å². The molecule has 0 fully saturated rings. The quantitative estimate of drug-likeness (QED) is 0.660. The van der Waals surface area contributed by atoms with E-state index in [2.05, 4.69) is 5.32 Å². The smallest absolute Gasteiger partial charge is 0.262 e. The minimum atomic E-state index is -0.752. The number of ether oxygens (including phenoxy) is 1. The number of carbonyl (C=O) groups is 2. The molecule has 158 valence electrons. The normalized spacial score (nSPS) is 15.2. The van der Waals surface area contributed by atoms with E-state index in [9.17, 15) is 9.59 Å². The van der Waals surface area contributed by atoms with Crippen LogP contribution in [-0.2, 0) is 9.59 Å². The largest absolute Gasteiger partial charge is 0.477 e. The predicted molar refractivity (Wildman–Crippen MR) is 121 cm³/mol. The van der Waals surface area contributed by atoms with E-state index in [1.807, 2.05) is 85.8 Å². The number of hydrogen-bond donors (Lipinski definition) is 1. The van der Waals surface area contributed by atoms with Gasteiger partial charge in [-0.3, -0.25) is 9.59 Å². The van der Waals surface area contributed by atoms with E-state index < -0.39 is 12.0 Å². The first-order valence-corrected chi connectivity index (χ1v) is 10.6. The summed E-state index contributed by atoms with van der Waals surface area (Å²) in [5.74, 6) is -0.224. The molecule has 4 rings (SSSR count). The second-order valence-electron chi connectivity index (χ2n) is 7.57. The van der Waals surface area contributed by atoms with Crippen molar-refractivity contribution in [1.29, 1.82) is 0 Å². The number of benzene rings is 3. The molecular formula is C26H26N2O3. The van der Waals surface area contributed by atoms with Gasteiger partial charge in [0.25, 0.3) is 5.91 Å². The molecule has 0 spiro atoms. The molecular weight excluding hydrogens is 388 g/mol. The third kappa shape index (κ3) is 4.45. The average Bonchev–Trinajstić information content (AvgIpc) is 2.83. The van der Waals surface area contributed by atoms with Gasteiger partial charge in [-0.15, -0.1) is 0 Å². The van der Waals surface area contributed by atoms with Crippen LogP contribution in [0.1, 0.15) is 30.4 Å². The van der Waals surface area contributed by atoms with Gasteiger partial charge in [0.05, 0.1) is 18.2 Å². The van der Waals surface area contributed by atoms with E-state index in [4.69, 9.17) is 4.74 Å². The van der Waals surface area contributed by atoms with E-state index in [0.29, 0.717) is 18.0 Å². The number of para-hydroxylation sites is 2. The van der Waals surface area contributed by atoms with Crippen molar-refractivity contribution in [2.75, 3.05) is 18.0 Å². The zero-order valence-corrected chi connectivity index (χ0v) is 17.5.